The van der Waals surface area contributed by atoms with E-state index in [0.29, 0.717) is 11.4 Å². The summed E-state index contributed by atoms with van der Waals surface area (Å²) in [6.07, 6.45) is 5.26. The van der Waals surface area contributed by atoms with Crippen LogP contribution in [0.3, 0.4) is 0 Å². The number of hydrogen-bond acceptors (Lipinski definition) is 4. The molecular formula is C27H35N3O4S. The van der Waals surface area contributed by atoms with E-state index >= 15 is 0 Å². The Labute approximate surface area is 210 Å². The molecule has 8 heteroatoms. The van der Waals surface area contributed by atoms with Crippen molar-refractivity contribution >= 4 is 39.9 Å². The monoisotopic (exact) mass is 497 g/mol. The van der Waals surface area contributed by atoms with Gasteiger partial charge in [0.05, 0.1) is 0 Å². The second-order valence-corrected chi connectivity index (χ2v) is 10.7. The molecule has 0 unspecified atom stereocenters. The van der Waals surface area contributed by atoms with E-state index in [9.17, 15) is 18.6 Å². The van der Waals surface area contributed by atoms with E-state index < -0.39 is 22.6 Å². The first kappa shape index (κ1) is 26.6. The summed E-state index contributed by atoms with van der Waals surface area (Å²) in [6.45, 7) is 5.64. The van der Waals surface area contributed by atoms with Crippen LogP contribution in [-0.4, -0.2) is 46.0 Å². The van der Waals surface area contributed by atoms with E-state index in [1.165, 1.54) is 11.3 Å². The molecule has 188 valence electrons. The van der Waals surface area contributed by atoms with Crippen LogP contribution < -0.4 is 15.5 Å². The highest BCUT2D eigenvalue weighted by atomic mass is 32.2. The molecule has 0 heterocycles. The molecule has 0 spiro atoms. The van der Waals surface area contributed by atoms with E-state index in [0.717, 1.165) is 42.4 Å². The number of carbonyl (C=O) groups is 3. The summed E-state index contributed by atoms with van der Waals surface area (Å²) in [6, 6.07) is 13.0. The molecule has 0 radical (unpaired) electrons. The molecule has 2 N–H and O–H groups in total. The van der Waals surface area contributed by atoms with E-state index in [-0.39, 0.29) is 30.0 Å². The number of hydrogen-bond donors (Lipinski definition) is 2. The van der Waals surface area contributed by atoms with Crippen LogP contribution in [0.2, 0.25) is 0 Å². The topological polar surface area (TPSA) is 95.6 Å². The molecule has 7 nitrogen and oxygen atoms in total. The Morgan fingerprint density at radius 2 is 1.60 bits per heavy atom. The van der Waals surface area contributed by atoms with Gasteiger partial charge in [-0.05, 0) is 62.9 Å². The number of amides is 3. The molecule has 1 atom stereocenters. The van der Waals surface area contributed by atoms with Crippen LogP contribution in [0.1, 0.15) is 48.8 Å². The molecule has 0 saturated heterocycles. The first-order valence-electron chi connectivity index (χ1n) is 12.1. The van der Waals surface area contributed by atoms with Gasteiger partial charge in [-0.25, -0.2) is 0 Å². The van der Waals surface area contributed by atoms with Crippen molar-refractivity contribution in [2.75, 3.05) is 28.3 Å². The highest BCUT2D eigenvalue weighted by Gasteiger charge is 2.25. The van der Waals surface area contributed by atoms with Gasteiger partial charge in [0.25, 0.3) is 0 Å². The average Bonchev–Trinajstić information content (AvgIpc) is 2.81. The van der Waals surface area contributed by atoms with Crippen LogP contribution in [0.25, 0.3) is 0 Å². The van der Waals surface area contributed by atoms with Crippen LogP contribution in [0.15, 0.2) is 42.5 Å². The molecule has 2 aromatic carbocycles. The summed E-state index contributed by atoms with van der Waals surface area (Å²) < 4.78 is 12.7. The number of anilines is 2. The third kappa shape index (κ3) is 8.02. The van der Waals surface area contributed by atoms with Gasteiger partial charge in [-0.1, -0.05) is 49.1 Å². The Hall–Kier alpha value is -3.00. The Balaban J connectivity index is 1.66. The lowest BCUT2D eigenvalue weighted by Crippen LogP contribution is -2.46. The minimum atomic E-state index is -1.72. The first-order valence-corrected chi connectivity index (χ1v) is 13.6. The van der Waals surface area contributed by atoms with Gasteiger partial charge < -0.3 is 15.5 Å². The van der Waals surface area contributed by atoms with Crippen LogP contribution in [0, 0.1) is 20.8 Å². The second kappa shape index (κ2) is 12.6. The fourth-order valence-electron chi connectivity index (χ4n) is 4.25. The molecule has 0 bridgehead atoms. The minimum absolute atomic E-state index is 0.131. The predicted octanol–water partition coefficient (Wildman–Crippen LogP) is 3.78. The van der Waals surface area contributed by atoms with Crippen molar-refractivity contribution in [3.63, 3.8) is 0 Å². The van der Waals surface area contributed by atoms with Crippen LogP contribution in [0.4, 0.5) is 11.4 Å². The molecular weight excluding hydrogens is 462 g/mol. The van der Waals surface area contributed by atoms with Gasteiger partial charge in [-0.15, -0.1) is 0 Å². The Kier molecular flexibility index (Phi) is 9.60. The van der Waals surface area contributed by atoms with Gasteiger partial charge in [-0.3, -0.25) is 18.6 Å². The van der Waals surface area contributed by atoms with Crippen molar-refractivity contribution < 1.29 is 18.6 Å². The number of nitrogens with one attached hydrogen (secondary N) is 2. The van der Waals surface area contributed by atoms with Gasteiger partial charge in [0.1, 0.15) is 18.1 Å². The van der Waals surface area contributed by atoms with Crippen molar-refractivity contribution in [1.29, 1.82) is 0 Å². The maximum atomic E-state index is 13.2. The van der Waals surface area contributed by atoms with Gasteiger partial charge in [0, 0.05) is 28.2 Å². The quantitative estimate of drug-likeness (QED) is 0.551. The van der Waals surface area contributed by atoms with Crippen molar-refractivity contribution in [2.45, 2.75) is 58.9 Å². The summed E-state index contributed by atoms with van der Waals surface area (Å²) in [5.41, 5.74) is 4.17. The number of nitrogens with zero attached hydrogens (tertiary/aromatic N) is 1. The Bertz CT molecular complexity index is 1080. The molecule has 1 saturated carbocycles. The van der Waals surface area contributed by atoms with Crippen molar-refractivity contribution in [2.24, 2.45) is 0 Å². The molecule has 2 aromatic rings. The second-order valence-electron chi connectivity index (χ2n) is 9.24. The van der Waals surface area contributed by atoms with Gasteiger partial charge >= 0.3 is 0 Å². The molecule has 1 aliphatic rings. The summed E-state index contributed by atoms with van der Waals surface area (Å²) in [4.78, 5) is 39.8. The third-order valence-corrected chi connectivity index (χ3v) is 7.50. The minimum Gasteiger partial charge on any atom is -0.352 e. The summed E-state index contributed by atoms with van der Waals surface area (Å²) in [5.74, 6) is -1.73. The van der Waals surface area contributed by atoms with E-state index in [1.807, 2.05) is 45.0 Å². The molecule has 3 amide bonds. The third-order valence-electron chi connectivity index (χ3n) is 6.35. The zero-order valence-electron chi connectivity index (χ0n) is 20.8. The molecule has 0 aromatic heterocycles. The molecule has 0 aliphatic heterocycles. The lowest BCUT2D eigenvalue weighted by molar-refractivity contribution is -0.123. The summed E-state index contributed by atoms with van der Waals surface area (Å²) in [5, 5.41) is 5.76. The van der Waals surface area contributed by atoms with Crippen LogP contribution >= 0.6 is 0 Å². The molecule has 35 heavy (non-hydrogen) atoms. The van der Waals surface area contributed by atoms with Gasteiger partial charge in [-0.2, -0.15) is 0 Å². The number of benzene rings is 2. The van der Waals surface area contributed by atoms with E-state index in [4.69, 9.17) is 0 Å². The van der Waals surface area contributed by atoms with Gasteiger partial charge in [0.2, 0.25) is 17.7 Å². The number of aryl methyl sites for hydroxylation is 2. The lowest BCUT2D eigenvalue weighted by Gasteiger charge is -2.27. The fraction of sp³-hybridized carbons (Fsp3) is 0.444. The molecule has 1 aliphatic carbocycles. The molecule has 3 rings (SSSR count). The van der Waals surface area contributed by atoms with Crippen molar-refractivity contribution in [1.82, 2.24) is 5.32 Å². The first-order chi connectivity index (χ1) is 16.7. The predicted molar refractivity (Wildman–Crippen MR) is 141 cm³/mol. The van der Waals surface area contributed by atoms with E-state index in [2.05, 4.69) is 10.6 Å². The number of rotatable bonds is 9. The Morgan fingerprint density at radius 3 is 2.29 bits per heavy atom. The van der Waals surface area contributed by atoms with Crippen molar-refractivity contribution in [3.8, 4) is 0 Å². The zero-order valence-corrected chi connectivity index (χ0v) is 21.6. The molecule has 1 fully saturated rings. The summed E-state index contributed by atoms with van der Waals surface area (Å²) >= 11 is 0. The van der Waals surface area contributed by atoms with Crippen molar-refractivity contribution in [3.05, 3.63) is 59.2 Å². The fourth-order valence-corrected chi connectivity index (χ4v) is 5.14. The number of carbonyl (C=O) groups excluding carboxylic acids is 3. The SMILES string of the molecule is Cc1ccc(NC(=O)C[S@](=O)CC(=O)N(CC(=O)NC2CCCCC2)c2cccc(C)c2C)cc1. The lowest BCUT2D eigenvalue weighted by atomic mass is 9.95. The maximum Gasteiger partial charge on any atom is 0.240 e. The Morgan fingerprint density at radius 1 is 0.914 bits per heavy atom. The van der Waals surface area contributed by atoms with Gasteiger partial charge in [0.15, 0.2) is 0 Å². The van der Waals surface area contributed by atoms with Crippen LogP contribution in [0.5, 0.6) is 0 Å². The zero-order chi connectivity index (χ0) is 25.4. The largest absolute Gasteiger partial charge is 0.352 e. The smallest absolute Gasteiger partial charge is 0.240 e. The summed E-state index contributed by atoms with van der Waals surface area (Å²) in [7, 11) is -1.72. The maximum absolute atomic E-state index is 13.2. The van der Waals surface area contributed by atoms with E-state index in [1.54, 1.807) is 18.2 Å². The normalized spacial score (nSPS) is 14.7. The standard InChI is InChI=1S/C27H35N3O4S/c1-19-12-14-23(15-13-19)29-26(32)17-35(34)18-27(33)30(24-11-7-8-20(2)21(24)3)16-25(31)28-22-9-5-4-6-10-22/h7-8,11-15,22H,4-6,9-10,16-18H2,1-3H3,(H,28,31)(H,29,32)/t35-/m0/s1. The highest BCUT2D eigenvalue weighted by molar-refractivity contribution is 7.86. The average molecular weight is 498 g/mol. The highest BCUT2D eigenvalue weighted by Crippen LogP contribution is 2.23. The van der Waals surface area contributed by atoms with Crippen LogP contribution in [-0.2, 0) is 25.2 Å².